The molecule has 1 aromatic rings. The first-order chi connectivity index (χ1) is 10.2. The summed E-state index contributed by atoms with van der Waals surface area (Å²) in [6.45, 7) is 5.25. The highest BCUT2D eigenvalue weighted by Gasteiger charge is 2.30. The number of hydrogen-bond donors (Lipinski definition) is 1. The van der Waals surface area contributed by atoms with E-state index in [-0.39, 0.29) is 0 Å². The molecule has 21 heavy (non-hydrogen) atoms. The summed E-state index contributed by atoms with van der Waals surface area (Å²) in [7, 11) is 0. The molecule has 2 aliphatic heterocycles. The molecule has 3 rings (SSSR count). The van der Waals surface area contributed by atoms with Crippen LogP contribution < -0.4 is 5.32 Å². The Morgan fingerprint density at radius 2 is 2.10 bits per heavy atom. The third-order valence-electron chi connectivity index (χ3n) is 4.96. The van der Waals surface area contributed by atoms with E-state index in [1.165, 1.54) is 17.5 Å². The molecule has 0 radical (unpaired) electrons. The zero-order valence-corrected chi connectivity index (χ0v) is 13.0. The molecule has 2 aliphatic rings. The van der Waals surface area contributed by atoms with Gasteiger partial charge in [-0.05, 0) is 57.2 Å². The van der Waals surface area contributed by atoms with Gasteiger partial charge in [0.05, 0.1) is 6.04 Å². The van der Waals surface area contributed by atoms with Crippen LogP contribution in [0.4, 0.5) is 0 Å². The number of nitrogens with one attached hydrogen (secondary N) is 1. The van der Waals surface area contributed by atoms with Gasteiger partial charge in [-0.15, -0.1) is 0 Å². The van der Waals surface area contributed by atoms with Gasteiger partial charge in [-0.25, -0.2) is 0 Å². The maximum atomic E-state index is 12.6. The van der Waals surface area contributed by atoms with Crippen LogP contribution in [-0.4, -0.2) is 30.4 Å². The van der Waals surface area contributed by atoms with Crippen molar-refractivity contribution in [2.24, 2.45) is 5.92 Å². The molecule has 0 aliphatic carbocycles. The summed E-state index contributed by atoms with van der Waals surface area (Å²) in [5.41, 5.74) is 2.58. The number of aryl methyl sites for hydroxylation is 1. The summed E-state index contributed by atoms with van der Waals surface area (Å²) in [4.78, 5) is 14.7. The predicted molar refractivity (Wildman–Crippen MR) is 85.1 cm³/mol. The molecule has 2 saturated heterocycles. The Bertz CT molecular complexity index is 476. The fourth-order valence-electron chi connectivity index (χ4n) is 3.63. The monoisotopic (exact) mass is 286 g/mol. The van der Waals surface area contributed by atoms with E-state index in [0.29, 0.717) is 24.3 Å². The SMILES string of the molecule is Cc1ccc(C2CCCN2C(=O)CCC2CCNC2)cc1. The minimum atomic E-state index is 0.305. The normalized spacial score (nSPS) is 25.5. The van der Waals surface area contributed by atoms with E-state index in [0.717, 1.165) is 38.9 Å². The van der Waals surface area contributed by atoms with E-state index < -0.39 is 0 Å². The Balaban J connectivity index is 1.60. The molecule has 114 valence electrons. The smallest absolute Gasteiger partial charge is 0.223 e. The van der Waals surface area contributed by atoms with Gasteiger partial charge in [0.25, 0.3) is 0 Å². The van der Waals surface area contributed by atoms with Crippen molar-refractivity contribution in [1.29, 1.82) is 0 Å². The van der Waals surface area contributed by atoms with Gasteiger partial charge in [0.15, 0.2) is 0 Å². The highest BCUT2D eigenvalue weighted by Crippen LogP contribution is 2.33. The van der Waals surface area contributed by atoms with Crippen molar-refractivity contribution in [3.05, 3.63) is 35.4 Å². The van der Waals surface area contributed by atoms with Crippen LogP contribution >= 0.6 is 0 Å². The van der Waals surface area contributed by atoms with Gasteiger partial charge in [0.1, 0.15) is 0 Å². The lowest BCUT2D eigenvalue weighted by atomic mass is 10.0. The summed E-state index contributed by atoms with van der Waals surface area (Å²) in [6, 6.07) is 8.99. The Labute approximate surface area is 127 Å². The first-order valence-electron chi connectivity index (χ1n) is 8.31. The van der Waals surface area contributed by atoms with Crippen molar-refractivity contribution >= 4 is 5.91 Å². The van der Waals surface area contributed by atoms with Crippen LogP contribution in [0.2, 0.25) is 0 Å². The highest BCUT2D eigenvalue weighted by molar-refractivity contribution is 5.77. The van der Waals surface area contributed by atoms with Gasteiger partial charge in [-0.2, -0.15) is 0 Å². The zero-order chi connectivity index (χ0) is 14.7. The Morgan fingerprint density at radius 1 is 1.29 bits per heavy atom. The van der Waals surface area contributed by atoms with Crippen LogP contribution in [0.25, 0.3) is 0 Å². The number of rotatable bonds is 4. The lowest BCUT2D eigenvalue weighted by molar-refractivity contribution is -0.132. The Morgan fingerprint density at radius 3 is 2.81 bits per heavy atom. The number of amides is 1. The average Bonchev–Trinajstić information content (AvgIpc) is 3.17. The van der Waals surface area contributed by atoms with E-state index in [2.05, 4.69) is 41.4 Å². The number of carbonyl (C=O) groups is 1. The maximum Gasteiger partial charge on any atom is 0.223 e. The van der Waals surface area contributed by atoms with Crippen LogP contribution in [-0.2, 0) is 4.79 Å². The number of benzene rings is 1. The first kappa shape index (κ1) is 14.6. The summed E-state index contributed by atoms with van der Waals surface area (Å²) >= 11 is 0. The predicted octanol–water partition coefficient (Wildman–Crippen LogP) is 3.05. The minimum absolute atomic E-state index is 0.305. The van der Waals surface area contributed by atoms with Crippen molar-refractivity contribution < 1.29 is 4.79 Å². The standard InChI is InChI=1S/C18H26N2O/c1-14-4-7-16(8-5-14)17-3-2-12-20(17)18(21)9-6-15-10-11-19-13-15/h4-5,7-8,15,17,19H,2-3,6,9-13H2,1H3. The molecule has 0 spiro atoms. The second kappa shape index (κ2) is 6.61. The molecular formula is C18H26N2O. The van der Waals surface area contributed by atoms with Crippen molar-refractivity contribution in [3.63, 3.8) is 0 Å². The van der Waals surface area contributed by atoms with Crippen molar-refractivity contribution in [2.75, 3.05) is 19.6 Å². The molecule has 1 aromatic carbocycles. The van der Waals surface area contributed by atoms with E-state index in [1.807, 2.05) is 0 Å². The lowest BCUT2D eigenvalue weighted by Gasteiger charge is -2.26. The van der Waals surface area contributed by atoms with Gasteiger partial charge in [-0.1, -0.05) is 29.8 Å². The highest BCUT2D eigenvalue weighted by atomic mass is 16.2. The van der Waals surface area contributed by atoms with Gasteiger partial charge >= 0.3 is 0 Å². The molecule has 0 aromatic heterocycles. The van der Waals surface area contributed by atoms with Gasteiger partial charge in [-0.3, -0.25) is 4.79 Å². The fourth-order valence-corrected chi connectivity index (χ4v) is 3.63. The molecule has 2 fully saturated rings. The van der Waals surface area contributed by atoms with Crippen LogP contribution in [0, 0.1) is 12.8 Å². The Hall–Kier alpha value is -1.35. The number of likely N-dealkylation sites (tertiary alicyclic amines) is 1. The van der Waals surface area contributed by atoms with Crippen LogP contribution in [0.3, 0.4) is 0 Å². The van der Waals surface area contributed by atoms with Gasteiger partial charge in [0.2, 0.25) is 5.91 Å². The second-order valence-corrected chi connectivity index (χ2v) is 6.55. The third kappa shape index (κ3) is 3.46. The van der Waals surface area contributed by atoms with E-state index in [1.54, 1.807) is 0 Å². The Kier molecular flexibility index (Phi) is 4.59. The maximum absolute atomic E-state index is 12.6. The first-order valence-corrected chi connectivity index (χ1v) is 8.31. The van der Waals surface area contributed by atoms with Crippen LogP contribution in [0.15, 0.2) is 24.3 Å². The van der Waals surface area contributed by atoms with Crippen LogP contribution in [0.5, 0.6) is 0 Å². The summed E-state index contributed by atoms with van der Waals surface area (Å²) < 4.78 is 0. The van der Waals surface area contributed by atoms with Gasteiger partial charge in [0, 0.05) is 13.0 Å². The number of nitrogens with zero attached hydrogens (tertiary/aromatic N) is 1. The second-order valence-electron chi connectivity index (χ2n) is 6.55. The number of hydrogen-bond acceptors (Lipinski definition) is 2. The third-order valence-corrected chi connectivity index (χ3v) is 4.96. The molecule has 3 heteroatoms. The molecule has 3 nitrogen and oxygen atoms in total. The minimum Gasteiger partial charge on any atom is -0.336 e. The molecule has 2 atom stereocenters. The van der Waals surface area contributed by atoms with E-state index in [4.69, 9.17) is 0 Å². The largest absolute Gasteiger partial charge is 0.336 e. The molecule has 0 saturated carbocycles. The quantitative estimate of drug-likeness (QED) is 0.922. The number of carbonyl (C=O) groups excluding carboxylic acids is 1. The molecular weight excluding hydrogens is 260 g/mol. The topological polar surface area (TPSA) is 32.3 Å². The van der Waals surface area contributed by atoms with Crippen molar-refractivity contribution in [2.45, 2.75) is 45.1 Å². The van der Waals surface area contributed by atoms with Gasteiger partial charge < -0.3 is 10.2 Å². The van der Waals surface area contributed by atoms with E-state index in [9.17, 15) is 4.79 Å². The zero-order valence-electron chi connectivity index (χ0n) is 13.0. The lowest BCUT2D eigenvalue weighted by Crippen LogP contribution is -2.30. The summed E-state index contributed by atoms with van der Waals surface area (Å²) in [5, 5.41) is 3.38. The van der Waals surface area contributed by atoms with E-state index >= 15 is 0 Å². The molecule has 2 heterocycles. The van der Waals surface area contributed by atoms with Crippen LogP contribution in [0.1, 0.15) is 49.3 Å². The average molecular weight is 286 g/mol. The molecule has 2 unspecified atom stereocenters. The molecule has 0 bridgehead atoms. The summed E-state index contributed by atoms with van der Waals surface area (Å²) in [5.74, 6) is 1.05. The molecule has 1 N–H and O–H groups in total. The van der Waals surface area contributed by atoms with Crippen molar-refractivity contribution in [3.8, 4) is 0 Å². The fraction of sp³-hybridized carbons (Fsp3) is 0.611. The summed E-state index contributed by atoms with van der Waals surface area (Å²) in [6.07, 6.45) is 5.24. The molecule has 1 amide bonds. The van der Waals surface area contributed by atoms with Crippen molar-refractivity contribution in [1.82, 2.24) is 10.2 Å².